The van der Waals surface area contributed by atoms with E-state index in [1.165, 1.54) is 30.4 Å². The molecule has 2 saturated heterocycles. The number of benzene rings is 2. The summed E-state index contributed by atoms with van der Waals surface area (Å²) < 4.78 is 0. The van der Waals surface area contributed by atoms with Gasteiger partial charge in [0, 0.05) is 30.4 Å². The van der Waals surface area contributed by atoms with Gasteiger partial charge in [-0.1, -0.05) is 54.4 Å². The predicted octanol–water partition coefficient (Wildman–Crippen LogP) is 4.70. The summed E-state index contributed by atoms with van der Waals surface area (Å²) in [6, 6.07) is 19.9. The number of nitrogens with one attached hydrogen (secondary N) is 2. The molecule has 142 valence electrons. The van der Waals surface area contributed by atoms with E-state index in [9.17, 15) is 4.79 Å². The van der Waals surface area contributed by atoms with Gasteiger partial charge in [-0.15, -0.1) is 0 Å². The molecule has 2 amide bonds. The van der Waals surface area contributed by atoms with E-state index in [1.54, 1.807) is 0 Å². The van der Waals surface area contributed by atoms with Gasteiger partial charge in [0.1, 0.15) is 0 Å². The maximum Gasteiger partial charge on any atom is 0.319 e. The van der Waals surface area contributed by atoms with Crippen molar-refractivity contribution >= 4 is 11.7 Å². The molecule has 4 heteroatoms. The van der Waals surface area contributed by atoms with Crippen molar-refractivity contribution in [3.8, 4) is 0 Å². The summed E-state index contributed by atoms with van der Waals surface area (Å²) >= 11 is 0. The quantitative estimate of drug-likeness (QED) is 0.827. The summed E-state index contributed by atoms with van der Waals surface area (Å²) in [5, 5.41) is 6.16. The number of amides is 2. The van der Waals surface area contributed by atoms with Crippen molar-refractivity contribution in [2.24, 2.45) is 0 Å². The molecule has 27 heavy (non-hydrogen) atoms. The van der Waals surface area contributed by atoms with E-state index in [4.69, 9.17) is 0 Å². The Hall–Kier alpha value is -2.33. The first-order valence-electron chi connectivity index (χ1n) is 10.1. The van der Waals surface area contributed by atoms with Gasteiger partial charge in [0.25, 0.3) is 0 Å². The molecule has 2 aliphatic heterocycles. The fourth-order valence-corrected chi connectivity index (χ4v) is 4.63. The van der Waals surface area contributed by atoms with Gasteiger partial charge in [0.2, 0.25) is 0 Å². The van der Waals surface area contributed by atoms with Crippen LogP contribution in [0.1, 0.15) is 43.2 Å². The summed E-state index contributed by atoms with van der Waals surface area (Å²) in [6.45, 7) is 3.16. The minimum absolute atomic E-state index is 0.0868. The molecule has 2 aromatic carbocycles. The Morgan fingerprint density at radius 3 is 2.33 bits per heavy atom. The third kappa shape index (κ3) is 4.51. The molecule has 2 unspecified atom stereocenters. The van der Waals surface area contributed by atoms with Crippen molar-refractivity contribution in [2.45, 2.75) is 63.7 Å². The van der Waals surface area contributed by atoms with Crippen molar-refractivity contribution in [3.05, 3.63) is 65.7 Å². The Balaban J connectivity index is 1.36. The number of carbonyl (C=O) groups excluding carboxylic acids is 1. The second-order valence-electron chi connectivity index (χ2n) is 8.03. The van der Waals surface area contributed by atoms with E-state index in [1.807, 2.05) is 30.3 Å². The van der Waals surface area contributed by atoms with Crippen LogP contribution in [0.25, 0.3) is 0 Å². The SMILES string of the molecule is Cc1ccc(CN2C3CCCC2CC(NC(=O)Nc2ccccc2)C3)cc1. The van der Waals surface area contributed by atoms with Gasteiger partial charge in [-0.3, -0.25) is 4.90 Å². The summed E-state index contributed by atoms with van der Waals surface area (Å²) in [4.78, 5) is 15.1. The molecule has 2 N–H and O–H groups in total. The number of anilines is 1. The van der Waals surface area contributed by atoms with Gasteiger partial charge in [0.05, 0.1) is 0 Å². The highest BCUT2D eigenvalue weighted by Crippen LogP contribution is 2.35. The molecule has 0 spiro atoms. The number of rotatable bonds is 4. The zero-order chi connectivity index (χ0) is 18.6. The minimum atomic E-state index is -0.0868. The van der Waals surface area contributed by atoms with Crippen molar-refractivity contribution in [1.29, 1.82) is 0 Å². The molecule has 0 saturated carbocycles. The highest BCUT2D eigenvalue weighted by Gasteiger charge is 2.38. The Bertz CT molecular complexity index is 745. The Kier molecular flexibility index (Phi) is 5.44. The number of fused-ring (bicyclic) bond motifs is 2. The fraction of sp³-hybridized carbons (Fsp3) is 0.435. The number of carbonyl (C=O) groups is 1. The molecule has 2 fully saturated rings. The first kappa shape index (κ1) is 18.1. The lowest BCUT2D eigenvalue weighted by atomic mass is 9.81. The van der Waals surface area contributed by atoms with E-state index in [2.05, 4.69) is 46.7 Å². The van der Waals surface area contributed by atoms with Crippen LogP contribution in [0, 0.1) is 6.92 Å². The van der Waals surface area contributed by atoms with Crippen molar-refractivity contribution < 1.29 is 4.79 Å². The van der Waals surface area contributed by atoms with Crippen molar-refractivity contribution in [1.82, 2.24) is 10.2 Å². The number of hydrogen-bond acceptors (Lipinski definition) is 2. The van der Waals surface area contributed by atoms with E-state index in [-0.39, 0.29) is 12.1 Å². The third-order valence-corrected chi connectivity index (χ3v) is 5.98. The van der Waals surface area contributed by atoms with Crippen LogP contribution in [0.15, 0.2) is 54.6 Å². The summed E-state index contributed by atoms with van der Waals surface area (Å²) in [6.07, 6.45) is 5.87. The molecule has 2 bridgehead atoms. The Labute approximate surface area is 162 Å². The highest BCUT2D eigenvalue weighted by atomic mass is 16.2. The first-order chi connectivity index (χ1) is 13.2. The summed E-state index contributed by atoms with van der Waals surface area (Å²) in [5.41, 5.74) is 3.55. The van der Waals surface area contributed by atoms with Gasteiger partial charge in [-0.2, -0.15) is 0 Å². The number of nitrogens with zero attached hydrogens (tertiary/aromatic N) is 1. The van der Waals surface area contributed by atoms with Crippen LogP contribution in [0.4, 0.5) is 10.5 Å². The van der Waals surface area contributed by atoms with Crippen LogP contribution in [-0.4, -0.2) is 29.1 Å². The first-order valence-corrected chi connectivity index (χ1v) is 10.1. The molecule has 0 radical (unpaired) electrons. The Morgan fingerprint density at radius 2 is 1.67 bits per heavy atom. The lowest BCUT2D eigenvalue weighted by Gasteiger charge is -2.49. The van der Waals surface area contributed by atoms with Gasteiger partial charge >= 0.3 is 6.03 Å². The number of hydrogen-bond donors (Lipinski definition) is 2. The predicted molar refractivity (Wildman–Crippen MR) is 110 cm³/mol. The van der Waals surface area contributed by atoms with Crippen molar-refractivity contribution in [2.75, 3.05) is 5.32 Å². The molecule has 2 heterocycles. The molecular formula is C23H29N3O. The maximum atomic E-state index is 12.4. The van der Waals surface area contributed by atoms with Gasteiger partial charge in [-0.25, -0.2) is 4.79 Å². The van der Waals surface area contributed by atoms with Crippen LogP contribution in [0.5, 0.6) is 0 Å². The molecule has 4 nitrogen and oxygen atoms in total. The number of urea groups is 1. The topological polar surface area (TPSA) is 44.4 Å². The average Bonchev–Trinajstić information content (AvgIpc) is 2.65. The normalized spacial score (nSPS) is 25.0. The van der Waals surface area contributed by atoms with Gasteiger partial charge in [-0.05, 0) is 50.3 Å². The number of para-hydroxylation sites is 1. The lowest BCUT2D eigenvalue weighted by Crippen LogP contribution is -2.56. The number of piperidine rings is 2. The van der Waals surface area contributed by atoms with Gasteiger partial charge < -0.3 is 10.6 Å². The molecular weight excluding hydrogens is 334 g/mol. The molecule has 2 aromatic rings. The molecule has 4 rings (SSSR count). The summed E-state index contributed by atoms with van der Waals surface area (Å²) in [5.74, 6) is 0. The van der Waals surface area contributed by atoms with Crippen LogP contribution in [0.2, 0.25) is 0 Å². The Morgan fingerprint density at radius 1 is 1.00 bits per heavy atom. The van der Waals surface area contributed by atoms with Gasteiger partial charge in [0.15, 0.2) is 0 Å². The highest BCUT2D eigenvalue weighted by molar-refractivity contribution is 5.89. The minimum Gasteiger partial charge on any atom is -0.335 e. The van der Waals surface area contributed by atoms with E-state index >= 15 is 0 Å². The standard InChI is InChI=1S/C23H29N3O/c1-17-10-12-18(13-11-17)16-26-21-8-5-9-22(26)15-20(14-21)25-23(27)24-19-6-3-2-4-7-19/h2-4,6-7,10-13,20-22H,5,8-9,14-16H2,1H3,(H2,24,25,27). The average molecular weight is 364 g/mol. The zero-order valence-corrected chi connectivity index (χ0v) is 16.0. The third-order valence-electron chi connectivity index (χ3n) is 5.98. The number of aryl methyl sites for hydroxylation is 1. The van der Waals surface area contributed by atoms with E-state index in [0.29, 0.717) is 12.1 Å². The molecule has 0 aromatic heterocycles. The van der Waals surface area contributed by atoms with Crippen molar-refractivity contribution in [3.63, 3.8) is 0 Å². The van der Waals surface area contributed by atoms with Crippen LogP contribution in [-0.2, 0) is 6.54 Å². The van der Waals surface area contributed by atoms with E-state index in [0.717, 1.165) is 25.1 Å². The maximum absolute atomic E-state index is 12.4. The van der Waals surface area contributed by atoms with E-state index < -0.39 is 0 Å². The van der Waals surface area contributed by atoms with Crippen LogP contribution in [0.3, 0.4) is 0 Å². The largest absolute Gasteiger partial charge is 0.335 e. The molecule has 0 aliphatic carbocycles. The monoisotopic (exact) mass is 363 g/mol. The lowest BCUT2D eigenvalue weighted by molar-refractivity contribution is 0.0200. The molecule has 2 aliphatic rings. The second kappa shape index (κ2) is 8.13. The van der Waals surface area contributed by atoms with Crippen LogP contribution < -0.4 is 10.6 Å². The molecule has 2 atom stereocenters. The fourth-order valence-electron chi connectivity index (χ4n) is 4.63. The smallest absolute Gasteiger partial charge is 0.319 e. The summed E-state index contributed by atoms with van der Waals surface area (Å²) in [7, 11) is 0. The second-order valence-corrected chi connectivity index (χ2v) is 8.03. The van der Waals surface area contributed by atoms with Crippen LogP contribution >= 0.6 is 0 Å². The zero-order valence-electron chi connectivity index (χ0n) is 16.0.